The van der Waals surface area contributed by atoms with E-state index in [1.807, 2.05) is 30.9 Å². The molecule has 0 amide bonds. The molecule has 4 rings (SSSR count). The summed E-state index contributed by atoms with van der Waals surface area (Å²) in [5, 5.41) is 0.706. The Balaban J connectivity index is 1.43. The second kappa shape index (κ2) is 10.1. The Labute approximate surface area is 206 Å². The first-order valence-electron chi connectivity index (χ1n) is 11.1. The van der Waals surface area contributed by atoms with Gasteiger partial charge in [0, 0.05) is 35.4 Å². The fraction of sp³-hybridized carbons (Fsp3) is 0.308. The lowest BCUT2D eigenvalue weighted by molar-refractivity contribution is -0.143. The largest absolute Gasteiger partial charge is 0.489 e. The molecule has 7 nitrogen and oxygen atoms in total. The molecular weight excluding hydrogens is 469 g/mol. The van der Waals surface area contributed by atoms with Crippen molar-refractivity contribution in [3.63, 3.8) is 0 Å². The van der Waals surface area contributed by atoms with Crippen LogP contribution in [-0.4, -0.2) is 45.8 Å². The molecule has 1 aliphatic rings. The Hall–Kier alpha value is -3.30. The maximum absolute atomic E-state index is 14.2. The van der Waals surface area contributed by atoms with Crippen molar-refractivity contribution in [1.29, 1.82) is 0 Å². The monoisotopic (exact) mass is 497 g/mol. The van der Waals surface area contributed by atoms with Gasteiger partial charge in [0.15, 0.2) is 0 Å². The molecule has 1 fully saturated rings. The zero-order valence-electron chi connectivity index (χ0n) is 20.0. The van der Waals surface area contributed by atoms with E-state index in [4.69, 9.17) is 9.47 Å². The third-order valence-electron chi connectivity index (χ3n) is 5.98. The number of nitrogens with zero attached hydrogens (tertiary/aromatic N) is 2. The fourth-order valence-electron chi connectivity index (χ4n) is 4.14. The Morgan fingerprint density at radius 2 is 1.97 bits per heavy atom. The molecule has 3 aromatic rings. The maximum atomic E-state index is 14.2. The van der Waals surface area contributed by atoms with E-state index in [0.29, 0.717) is 40.3 Å². The number of benzene rings is 2. The number of fused-ring (bicyclic) bond motifs is 1. The van der Waals surface area contributed by atoms with Crippen LogP contribution in [0.1, 0.15) is 24.6 Å². The number of para-hydroxylation sites is 1. The van der Waals surface area contributed by atoms with Crippen LogP contribution < -0.4 is 9.46 Å². The molecule has 0 aliphatic carbocycles. The van der Waals surface area contributed by atoms with E-state index in [-0.39, 0.29) is 24.8 Å². The van der Waals surface area contributed by atoms with E-state index < -0.39 is 16.5 Å². The summed E-state index contributed by atoms with van der Waals surface area (Å²) in [7, 11) is -0.199. The number of esters is 1. The maximum Gasteiger partial charge on any atom is 0.307 e. The summed E-state index contributed by atoms with van der Waals surface area (Å²) in [5.74, 6) is -0.140. The molecule has 0 spiro atoms. The molecule has 2 aromatic carbocycles. The number of pyridine rings is 1. The number of methoxy groups -OCH3 is 1. The Morgan fingerprint density at radius 3 is 2.63 bits per heavy atom. The second-order valence-corrected chi connectivity index (χ2v) is 10.0. The number of allylic oxidation sites excluding steroid dienone is 1. The van der Waals surface area contributed by atoms with Crippen molar-refractivity contribution < 1.29 is 22.9 Å². The van der Waals surface area contributed by atoms with Gasteiger partial charge in [0.1, 0.15) is 34.7 Å². The number of hydrogen-bond acceptors (Lipinski definition) is 6. The summed E-state index contributed by atoms with van der Waals surface area (Å²) in [6.45, 7) is 8.91. The third-order valence-corrected chi connectivity index (χ3v) is 7.30. The summed E-state index contributed by atoms with van der Waals surface area (Å²) in [6, 6.07) is 13.6. The second-order valence-electron chi connectivity index (χ2n) is 8.81. The first-order valence-corrected chi connectivity index (χ1v) is 12.3. The lowest BCUT2D eigenvalue weighted by Gasteiger charge is -2.51. The summed E-state index contributed by atoms with van der Waals surface area (Å²) in [6.07, 6.45) is 0.111. The zero-order chi connectivity index (χ0) is 25.2. The molecule has 35 heavy (non-hydrogen) atoms. The molecule has 1 atom stereocenters. The van der Waals surface area contributed by atoms with Crippen molar-refractivity contribution in [2.75, 3.05) is 20.2 Å². The van der Waals surface area contributed by atoms with Gasteiger partial charge in [0.25, 0.3) is 0 Å². The van der Waals surface area contributed by atoms with Crippen LogP contribution in [0.4, 0.5) is 4.39 Å². The van der Waals surface area contributed by atoms with Gasteiger partial charge < -0.3 is 14.4 Å². The van der Waals surface area contributed by atoms with Crippen molar-refractivity contribution in [2.45, 2.75) is 37.3 Å². The van der Waals surface area contributed by atoms with Gasteiger partial charge >= 0.3 is 5.97 Å². The number of aryl methyl sites for hydroxylation is 1. The van der Waals surface area contributed by atoms with Crippen LogP contribution >= 0.6 is 0 Å². The number of ether oxygens (including phenoxy) is 2. The highest BCUT2D eigenvalue weighted by Crippen LogP contribution is 2.30. The standard InChI is InChI=1S/C26H28FN3O4S/c1-17(2)30-15-26(16-30,13-24(31)33-4)29-35(32)21-10-8-20(9-11-21)34-14-19-12-18(3)28-25-22(19)6-5-7-23(25)27/h5-12,29H,1,13-16H2,2-4H3. The number of likely N-dealkylation sites (tertiary alicyclic amines) is 1. The highest BCUT2D eigenvalue weighted by atomic mass is 32.2. The molecule has 9 heteroatoms. The van der Waals surface area contributed by atoms with Gasteiger partial charge in [-0.15, -0.1) is 0 Å². The minimum Gasteiger partial charge on any atom is -0.489 e. The lowest BCUT2D eigenvalue weighted by atomic mass is 9.87. The third kappa shape index (κ3) is 5.52. The first-order chi connectivity index (χ1) is 16.7. The molecule has 2 heterocycles. The van der Waals surface area contributed by atoms with E-state index >= 15 is 0 Å². The SMILES string of the molecule is C=C(C)N1CC(CC(=O)OC)(NS(=O)c2ccc(OCc3cc(C)nc4c(F)cccc34)cc2)C1. The van der Waals surface area contributed by atoms with Gasteiger partial charge in [-0.1, -0.05) is 18.7 Å². The van der Waals surface area contributed by atoms with Crippen LogP contribution in [0.25, 0.3) is 10.9 Å². The van der Waals surface area contributed by atoms with Crippen molar-refractivity contribution in [2.24, 2.45) is 0 Å². The normalized spacial score (nSPS) is 15.4. The summed E-state index contributed by atoms with van der Waals surface area (Å²) >= 11 is 0. The number of aromatic nitrogens is 1. The van der Waals surface area contributed by atoms with Gasteiger partial charge in [-0.05, 0) is 50.2 Å². The molecule has 0 saturated carbocycles. The van der Waals surface area contributed by atoms with Crippen LogP contribution in [0, 0.1) is 12.7 Å². The molecule has 1 saturated heterocycles. The van der Waals surface area contributed by atoms with Crippen LogP contribution in [0.3, 0.4) is 0 Å². The molecule has 1 unspecified atom stereocenters. The van der Waals surface area contributed by atoms with Gasteiger partial charge in [-0.2, -0.15) is 0 Å². The van der Waals surface area contributed by atoms with Gasteiger partial charge in [-0.3, -0.25) is 9.78 Å². The van der Waals surface area contributed by atoms with Crippen LogP contribution in [-0.2, 0) is 27.1 Å². The number of nitrogens with one attached hydrogen (secondary N) is 1. The highest BCUT2D eigenvalue weighted by molar-refractivity contribution is 7.83. The molecule has 0 radical (unpaired) electrons. The summed E-state index contributed by atoms with van der Waals surface area (Å²) in [4.78, 5) is 18.8. The topological polar surface area (TPSA) is 80.8 Å². The highest BCUT2D eigenvalue weighted by Gasteiger charge is 2.46. The van der Waals surface area contributed by atoms with Crippen molar-refractivity contribution in [3.05, 3.63) is 77.9 Å². The molecule has 1 aliphatic heterocycles. The fourth-order valence-corrected chi connectivity index (χ4v) is 5.23. The minimum absolute atomic E-state index is 0.111. The van der Waals surface area contributed by atoms with Crippen molar-refractivity contribution in [1.82, 2.24) is 14.6 Å². The predicted molar refractivity (Wildman–Crippen MR) is 133 cm³/mol. The smallest absolute Gasteiger partial charge is 0.307 e. The summed E-state index contributed by atoms with van der Waals surface area (Å²) < 4.78 is 41.0. The van der Waals surface area contributed by atoms with Crippen LogP contribution in [0.5, 0.6) is 5.75 Å². The van der Waals surface area contributed by atoms with Gasteiger partial charge in [-0.25, -0.2) is 13.3 Å². The minimum atomic E-state index is -1.54. The quantitative estimate of drug-likeness (QED) is 0.450. The van der Waals surface area contributed by atoms with Crippen molar-refractivity contribution >= 4 is 27.9 Å². The first kappa shape index (κ1) is 24.8. The number of halogens is 1. The lowest BCUT2D eigenvalue weighted by Crippen LogP contribution is -2.69. The molecule has 1 N–H and O–H groups in total. The van der Waals surface area contributed by atoms with Crippen LogP contribution in [0.15, 0.2) is 65.7 Å². The molecule has 184 valence electrons. The number of carbonyl (C=O) groups excluding carboxylic acids is 1. The average molecular weight is 498 g/mol. The van der Waals surface area contributed by atoms with E-state index in [2.05, 4.69) is 16.3 Å². The number of carbonyl (C=O) groups is 1. The Morgan fingerprint density at radius 1 is 1.26 bits per heavy atom. The molecule has 0 bridgehead atoms. The number of rotatable bonds is 9. The van der Waals surface area contributed by atoms with E-state index in [0.717, 1.165) is 11.3 Å². The van der Waals surface area contributed by atoms with Gasteiger partial charge in [0.2, 0.25) is 0 Å². The Bertz CT molecular complexity index is 1290. The Kier molecular flexibility index (Phi) is 7.18. The number of hydrogen-bond donors (Lipinski definition) is 1. The zero-order valence-corrected chi connectivity index (χ0v) is 20.8. The molecule has 1 aromatic heterocycles. The van der Waals surface area contributed by atoms with Gasteiger partial charge in [0.05, 0.1) is 24.0 Å². The van der Waals surface area contributed by atoms with E-state index in [1.165, 1.54) is 13.2 Å². The van der Waals surface area contributed by atoms with E-state index in [9.17, 15) is 13.4 Å². The molecular formula is C26H28FN3O4S. The van der Waals surface area contributed by atoms with Crippen molar-refractivity contribution in [3.8, 4) is 5.75 Å². The average Bonchev–Trinajstić information content (AvgIpc) is 2.81. The van der Waals surface area contributed by atoms with Crippen LogP contribution in [0.2, 0.25) is 0 Å². The van der Waals surface area contributed by atoms with E-state index in [1.54, 1.807) is 30.3 Å². The predicted octanol–water partition coefficient (Wildman–Crippen LogP) is 4.02. The summed E-state index contributed by atoms with van der Waals surface area (Å²) in [5.41, 5.74) is 2.10.